The van der Waals surface area contributed by atoms with E-state index in [0.717, 1.165) is 11.1 Å². The first-order valence-corrected chi connectivity index (χ1v) is 6.42. The molecule has 3 rings (SSSR count). The first-order valence-electron chi connectivity index (χ1n) is 6.05. The third-order valence-corrected chi connectivity index (χ3v) is 3.16. The zero-order valence-corrected chi connectivity index (χ0v) is 11.2. The molecule has 0 atom stereocenters. The standard InChI is InChI=1S/C14H11ClN4O/c15-12-5-4-9(6-16-12)7-17-14(20)10-2-1-3-11-13(10)19-8-18-11/h1-6,8H,7H2,(H,17,20)(H,18,19). The smallest absolute Gasteiger partial charge is 0.253 e. The third-order valence-electron chi connectivity index (χ3n) is 2.94. The fourth-order valence-corrected chi connectivity index (χ4v) is 2.05. The molecule has 6 heteroatoms. The summed E-state index contributed by atoms with van der Waals surface area (Å²) in [5.41, 5.74) is 2.94. The predicted molar refractivity (Wildman–Crippen MR) is 76.5 cm³/mol. The molecule has 100 valence electrons. The van der Waals surface area contributed by atoms with Crippen molar-refractivity contribution in [1.82, 2.24) is 20.3 Å². The van der Waals surface area contributed by atoms with Gasteiger partial charge in [0.1, 0.15) is 10.7 Å². The van der Waals surface area contributed by atoms with Crippen molar-refractivity contribution in [3.05, 3.63) is 59.1 Å². The van der Waals surface area contributed by atoms with Crippen molar-refractivity contribution in [3.8, 4) is 0 Å². The minimum atomic E-state index is -0.169. The van der Waals surface area contributed by atoms with Gasteiger partial charge in [-0.05, 0) is 23.8 Å². The summed E-state index contributed by atoms with van der Waals surface area (Å²) in [6, 6.07) is 8.96. The first-order chi connectivity index (χ1) is 9.74. The van der Waals surface area contributed by atoms with E-state index in [1.807, 2.05) is 18.2 Å². The van der Waals surface area contributed by atoms with Crippen LogP contribution >= 0.6 is 11.6 Å². The van der Waals surface area contributed by atoms with Crippen molar-refractivity contribution in [2.45, 2.75) is 6.54 Å². The van der Waals surface area contributed by atoms with Crippen molar-refractivity contribution in [2.24, 2.45) is 0 Å². The number of aromatic nitrogens is 3. The monoisotopic (exact) mass is 286 g/mol. The van der Waals surface area contributed by atoms with Gasteiger partial charge in [0.15, 0.2) is 0 Å². The lowest BCUT2D eigenvalue weighted by molar-refractivity contribution is 0.0952. The van der Waals surface area contributed by atoms with Gasteiger partial charge >= 0.3 is 0 Å². The Morgan fingerprint density at radius 1 is 1.25 bits per heavy atom. The van der Waals surface area contributed by atoms with Crippen LogP contribution in [0.25, 0.3) is 11.0 Å². The summed E-state index contributed by atoms with van der Waals surface area (Å²) >= 11 is 5.71. The van der Waals surface area contributed by atoms with Crippen LogP contribution in [0.15, 0.2) is 42.9 Å². The molecule has 0 bridgehead atoms. The van der Waals surface area contributed by atoms with E-state index in [1.54, 1.807) is 24.7 Å². The topological polar surface area (TPSA) is 70.7 Å². The van der Waals surface area contributed by atoms with E-state index in [-0.39, 0.29) is 5.91 Å². The van der Waals surface area contributed by atoms with Gasteiger partial charge in [-0.25, -0.2) is 9.97 Å². The summed E-state index contributed by atoms with van der Waals surface area (Å²) < 4.78 is 0. The van der Waals surface area contributed by atoms with Gasteiger partial charge in [0.2, 0.25) is 0 Å². The maximum atomic E-state index is 12.2. The number of fused-ring (bicyclic) bond motifs is 1. The van der Waals surface area contributed by atoms with Crippen LogP contribution in [0.4, 0.5) is 0 Å². The van der Waals surface area contributed by atoms with Gasteiger partial charge in [0.05, 0.1) is 17.4 Å². The van der Waals surface area contributed by atoms with Crippen LogP contribution in [-0.4, -0.2) is 20.9 Å². The molecule has 0 unspecified atom stereocenters. The molecule has 0 aliphatic heterocycles. The number of benzene rings is 1. The van der Waals surface area contributed by atoms with Gasteiger partial charge in [-0.15, -0.1) is 0 Å². The number of carbonyl (C=O) groups excluding carboxylic acids is 1. The number of imidazole rings is 1. The largest absolute Gasteiger partial charge is 0.348 e. The van der Waals surface area contributed by atoms with Gasteiger partial charge in [0.25, 0.3) is 5.91 Å². The second-order valence-corrected chi connectivity index (χ2v) is 4.66. The molecule has 0 radical (unpaired) electrons. The number of carbonyl (C=O) groups is 1. The highest BCUT2D eigenvalue weighted by Crippen LogP contribution is 2.14. The molecule has 0 fully saturated rings. The van der Waals surface area contributed by atoms with Crippen molar-refractivity contribution in [3.63, 3.8) is 0 Å². The summed E-state index contributed by atoms with van der Waals surface area (Å²) in [7, 11) is 0. The first kappa shape index (κ1) is 12.6. The van der Waals surface area contributed by atoms with Crippen LogP contribution in [0.3, 0.4) is 0 Å². The zero-order chi connectivity index (χ0) is 13.9. The quantitative estimate of drug-likeness (QED) is 0.727. The van der Waals surface area contributed by atoms with E-state index < -0.39 is 0 Å². The number of rotatable bonds is 3. The van der Waals surface area contributed by atoms with Gasteiger partial charge in [-0.1, -0.05) is 23.7 Å². The van der Waals surface area contributed by atoms with Crippen molar-refractivity contribution < 1.29 is 4.79 Å². The molecule has 1 aromatic carbocycles. The predicted octanol–water partition coefficient (Wildman–Crippen LogP) is 2.54. The fraction of sp³-hybridized carbons (Fsp3) is 0.0714. The lowest BCUT2D eigenvalue weighted by Gasteiger charge is -2.05. The number of hydrogen-bond donors (Lipinski definition) is 2. The molecule has 0 spiro atoms. The molecule has 0 saturated heterocycles. The van der Waals surface area contributed by atoms with Crippen LogP contribution in [0, 0.1) is 0 Å². The normalized spacial score (nSPS) is 10.7. The Hall–Kier alpha value is -2.40. The average molecular weight is 287 g/mol. The number of nitrogens with zero attached hydrogens (tertiary/aromatic N) is 2. The Morgan fingerprint density at radius 3 is 2.95 bits per heavy atom. The summed E-state index contributed by atoms with van der Waals surface area (Å²) in [5, 5.41) is 3.27. The van der Waals surface area contributed by atoms with Crippen LogP contribution in [-0.2, 0) is 6.54 Å². The number of para-hydroxylation sites is 1. The number of nitrogens with one attached hydrogen (secondary N) is 2. The lowest BCUT2D eigenvalue weighted by Crippen LogP contribution is -2.23. The Labute approximate surface area is 120 Å². The maximum Gasteiger partial charge on any atom is 0.253 e. The number of amides is 1. The molecule has 0 aliphatic carbocycles. The van der Waals surface area contributed by atoms with Crippen molar-refractivity contribution in [1.29, 1.82) is 0 Å². The molecule has 1 amide bonds. The summed E-state index contributed by atoms with van der Waals surface area (Å²) in [5.74, 6) is -0.169. The van der Waals surface area contributed by atoms with E-state index in [1.165, 1.54) is 0 Å². The Balaban J connectivity index is 1.76. The van der Waals surface area contributed by atoms with Crippen molar-refractivity contribution in [2.75, 3.05) is 0 Å². The Kier molecular flexibility index (Phi) is 3.35. The highest BCUT2D eigenvalue weighted by atomic mass is 35.5. The summed E-state index contributed by atoms with van der Waals surface area (Å²) in [6.45, 7) is 0.393. The van der Waals surface area contributed by atoms with Crippen LogP contribution < -0.4 is 5.32 Å². The Bertz CT molecular complexity index is 751. The second kappa shape index (κ2) is 5.30. The number of halogens is 1. The fourth-order valence-electron chi connectivity index (χ4n) is 1.94. The van der Waals surface area contributed by atoms with Crippen molar-refractivity contribution >= 4 is 28.5 Å². The van der Waals surface area contributed by atoms with E-state index in [0.29, 0.717) is 22.8 Å². The second-order valence-electron chi connectivity index (χ2n) is 4.28. The number of pyridine rings is 1. The minimum Gasteiger partial charge on any atom is -0.348 e. The number of aromatic amines is 1. The molecular weight excluding hydrogens is 276 g/mol. The highest BCUT2D eigenvalue weighted by Gasteiger charge is 2.11. The van der Waals surface area contributed by atoms with Crippen LogP contribution in [0.1, 0.15) is 15.9 Å². The third kappa shape index (κ3) is 2.48. The van der Waals surface area contributed by atoms with Gasteiger partial charge in [-0.2, -0.15) is 0 Å². The van der Waals surface area contributed by atoms with Crippen LogP contribution in [0.2, 0.25) is 5.15 Å². The van der Waals surface area contributed by atoms with Gasteiger partial charge in [0, 0.05) is 12.7 Å². The Morgan fingerprint density at radius 2 is 2.15 bits per heavy atom. The zero-order valence-electron chi connectivity index (χ0n) is 10.4. The van der Waals surface area contributed by atoms with Gasteiger partial charge < -0.3 is 10.3 Å². The van der Waals surface area contributed by atoms with E-state index >= 15 is 0 Å². The minimum absolute atomic E-state index is 0.169. The maximum absolute atomic E-state index is 12.2. The van der Waals surface area contributed by atoms with Gasteiger partial charge in [-0.3, -0.25) is 4.79 Å². The number of hydrogen-bond acceptors (Lipinski definition) is 3. The molecule has 0 aliphatic rings. The molecule has 0 saturated carbocycles. The van der Waals surface area contributed by atoms with E-state index in [4.69, 9.17) is 11.6 Å². The lowest BCUT2D eigenvalue weighted by atomic mass is 10.1. The molecule has 2 heterocycles. The average Bonchev–Trinajstić information content (AvgIpc) is 2.94. The summed E-state index contributed by atoms with van der Waals surface area (Å²) in [6.07, 6.45) is 3.21. The molecule has 3 aromatic rings. The van der Waals surface area contributed by atoms with E-state index in [9.17, 15) is 4.79 Å². The van der Waals surface area contributed by atoms with Crippen LogP contribution in [0.5, 0.6) is 0 Å². The number of H-pyrrole nitrogens is 1. The molecular formula is C14H11ClN4O. The molecule has 5 nitrogen and oxygen atoms in total. The molecule has 2 aromatic heterocycles. The summed E-state index contributed by atoms with van der Waals surface area (Å²) in [4.78, 5) is 23.3. The molecule has 2 N–H and O–H groups in total. The highest BCUT2D eigenvalue weighted by molar-refractivity contribution is 6.29. The molecule has 20 heavy (non-hydrogen) atoms. The van der Waals surface area contributed by atoms with E-state index in [2.05, 4.69) is 20.3 Å². The SMILES string of the molecule is O=C(NCc1ccc(Cl)nc1)c1cccc2[nH]cnc12.